The molecule has 1 aliphatic rings. The molecule has 1 saturated carbocycles. The highest BCUT2D eigenvalue weighted by molar-refractivity contribution is 5.75. The zero-order valence-corrected chi connectivity index (χ0v) is 9.96. The van der Waals surface area contributed by atoms with Gasteiger partial charge >= 0.3 is 0 Å². The molecule has 1 amide bonds. The van der Waals surface area contributed by atoms with Gasteiger partial charge in [0.1, 0.15) is 0 Å². The third-order valence-electron chi connectivity index (χ3n) is 3.31. The van der Waals surface area contributed by atoms with Crippen molar-refractivity contribution >= 4 is 5.91 Å². The van der Waals surface area contributed by atoms with Crippen molar-refractivity contribution in [3.63, 3.8) is 0 Å². The van der Waals surface area contributed by atoms with Gasteiger partial charge < -0.3 is 11.1 Å². The largest absolute Gasteiger partial charge is 0.356 e. The van der Waals surface area contributed by atoms with Crippen molar-refractivity contribution in [2.75, 3.05) is 13.1 Å². The number of carbonyl (C=O) groups excluding carboxylic acids is 1. The van der Waals surface area contributed by atoms with Gasteiger partial charge in [-0.2, -0.15) is 0 Å². The first-order valence-corrected chi connectivity index (χ1v) is 6.10. The Hall–Kier alpha value is -0.570. The minimum absolute atomic E-state index is 0.183. The van der Waals surface area contributed by atoms with Crippen molar-refractivity contribution in [2.24, 2.45) is 23.5 Å². The fourth-order valence-electron chi connectivity index (χ4n) is 1.69. The Balaban J connectivity index is 2.02. The molecule has 1 aliphatic carbocycles. The Morgan fingerprint density at radius 1 is 1.47 bits per heavy atom. The molecule has 3 heteroatoms. The molecular formula is C12H24N2O. The van der Waals surface area contributed by atoms with E-state index in [1.165, 1.54) is 12.8 Å². The van der Waals surface area contributed by atoms with E-state index in [1.807, 2.05) is 0 Å². The molecule has 3 N–H and O–H groups in total. The van der Waals surface area contributed by atoms with E-state index in [1.54, 1.807) is 0 Å². The van der Waals surface area contributed by atoms with E-state index < -0.39 is 0 Å². The van der Waals surface area contributed by atoms with E-state index >= 15 is 0 Å². The average molecular weight is 212 g/mol. The Bertz CT molecular complexity index is 202. The number of amides is 1. The van der Waals surface area contributed by atoms with Gasteiger partial charge in [0.05, 0.1) is 0 Å². The van der Waals surface area contributed by atoms with Crippen LogP contribution in [0.5, 0.6) is 0 Å². The zero-order chi connectivity index (χ0) is 11.3. The standard InChI is InChI=1S/C12H24N2O/c1-9(7-13)3-6-12(15)14-8-10(2)11-4-5-11/h9-11H,3-8,13H2,1-2H3,(H,14,15). The highest BCUT2D eigenvalue weighted by atomic mass is 16.1. The van der Waals surface area contributed by atoms with Crippen molar-refractivity contribution in [1.82, 2.24) is 5.32 Å². The van der Waals surface area contributed by atoms with Crippen LogP contribution in [0, 0.1) is 17.8 Å². The predicted octanol–water partition coefficient (Wildman–Crippen LogP) is 1.52. The van der Waals surface area contributed by atoms with Crippen LogP contribution in [0.2, 0.25) is 0 Å². The van der Waals surface area contributed by atoms with Crippen molar-refractivity contribution in [3.8, 4) is 0 Å². The number of carbonyl (C=O) groups is 1. The van der Waals surface area contributed by atoms with E-state index in [4.69, 9.17) is 5.73 Å². The molecule has 2 unspecified atom stereocenters. The molecule has 15 heavy (non-hydrogen) atoms. The molecule has 1 fully saturated rings. The van der Waals surface area contributed by atoms with Crippen LogP contribution in [0.4, 0.5) is 0 Å². The van der Waals surface area contributed by atoms with Crippen molar-refractivity contribution in [1.29, 1.82) is 0 Å². The van der Waals surface area contributed by atoms with Gasteiger partial charge in [-0.05, 0) is 43.6 Å². The van der Waals surface area contributed by atoms with Crippen molar-refractivity contribution in [3.05, 3.63) is 0 Å². The van der Waals surface area contributed by atoms with Crippen LogP contribution >= 0.6 is 0 Å². The first-order valence-electron chi connectivity index (χ1n) is 6.10. The summed E-state index contributed by atoms with van der Waals surface area (Å²) in [7, 11) is 0. The van der Waals surface area contributed by atoms with E-state index in [0.717, 1.165) is 18.9 Å². The quantitative estimate of drug-likeness (QED) is 0.672. The third kappa shape index (κ3) is 5.17. The van der Waals surface area contributed by atoms with Gasteiger partial charge in [0.2, 0.25) is 5.91 Å². The van der Waals surface area contributed by atoms with E-state index in [0.29, 0.717) is 24.8 Å². The fourth-order valence-corrected chi connectivity index (χ4v) is 1.69. The summed E-state index contributed by atoms with van der Waals surface area (Å²) in [6.45, 7) is 5.83. The highest BCUT2D eigenvalue weighted by Crippen LogP contribution is 2.36. The molecule has 0 bridgehead atoms. The molecule has 3 nitrogen and oxygen atoms in total. The Kier molecular flexibility index (Phi) is 5.09. The third-order valence-corrected chi connectivity index (χ3v) is 3.31. The lowest BCUT2D eigenvalue weighted by Crippen LogP contribution is -2.29. The summed E-state index contributed by atoms with van der Waals surface area (Å²) in [4.78, 5) is 11.5. The predicted molar refractivity (Wildman–Crippen MR) is 62.4 cm³/mol. The van der Waals surface area contributed by atoms with Gasteiger partial charge in [-0.25, -0.2) is 0 Å². The maximum absolute atomic E-state index is 11.5. The summed E-state index contributed by atoms with van der Waals surface area (Å²) >= 11 is 0. The molecule has 0 aromatic rings. The number of hydrogen-bond donors (Lipinski definition) is 2. The van der Waals surface area contributed by atoms with E-state index in [-0.39, 0.29) is 5.91 Å². The van der Waals surface area contributed by atoms with E-state index in [9.17, 15) is 4.79 Å². The molecule has 0 aliphatic heterocycles. The molecule has 0 heterocycles. The number of rotatable bonds is 7. The van der Waals surface area contributed by atoms with Crippen molar-refractivity contribution < 1.29 is 4.79 Å². The zero-order valence-electron chi connectivity index (χ0n) is 9.96. The van der Waals surface area contributed by atoms with Crippen LogP contribution in [0.3, 0.4) is 0 Å². The second kappa shape index (κ2) is 6.11. The smallest absolute Gasteiger partial charge is 0.220 e. The van der Waals surface area contributed by atoms with Gasteiger partial charge in [-0.3, -0.25) is 4.79 Å². The number of nitrogens with two attached hydrogens (primary N) is 1. The first-order chi connectivity index (χ1) is 7.13. The average Bonchev–Trinajstić information content (AvgIpc) is 3.05. The molecule has 2 atom stereocenters. The summed E-state index contributed by atoms with van der Waals surface area (Å²) in [5.74, 6) is 2.16. The van der Waals surface area contributed by atoms with Crippen LogP contribution in [0.1, 0.15) is 39.5 Å². The lowest BCUT2D eigenvalue weighted by molar-refractivity contribution is -0.121. The maximum atomic E-state index is 11.5. The topological polar surface area (TPSA) is 55.1 Å². The van der Waals surface area contributed by atoms with Gasteiger partial charge in [0.25, 0.3) is 0 Å². The molecule has 0 aromatic carbocycles. The molecule has 88 valence electrons. The molecule has 0 saturated heterocycles. The number of hydrogen-bond acceptors (Lipinski definition) is 2. The van der Waals surface area contributed by atoms with Gasteiger partial charge in [0.15, 0.2) is 0 Å². The minimum atomic E-state index is 0.183. The summed E-state index contributed by atoms with van der Waals surface area (Å²) in [5, 5.41) is 3.00. The Labute approximate surface area is 92.8 Å². The van der Waals surface area contributed by atoms with Gasteiger partial charge in [-0.15, -0.1) is 0 Å². The van der Waals surface area contributed by atoms with Gasteiger partial charge in [-0.1, -0.05) is 13.8 Å². The summed E-state index contributed by atoms with van der Waals surface area (Å²) in [6.07, 6.45) is 4.22. The lowest BCUT2D eigenvalue weighted by atomic mass is 10.0. The highest BCUT2D eigenvalue weighted by Gasteiger charge is 2.27. The van der Waals surface area contributed by atoms with Crippen LogP contribution in [0.15, 0.2) is 0 Å². The molecular weight excluding hydrogens is 188 g/mol. The second-order valence-electron chi connectivity index (χ2n) is 5.00. The summed E-state index contributed by atoms with van der Waals surface area (Å²) in [6, 6.07) is 0. The lowest BCUT2D eigenvalue weighted by Gasteiger charge is -2.12. The van der Waals surface area contributed by atoms with Gasteiger partial charge in [0, 0.05) is 13.0 Å². The maximum Gasteiger partial charge on any atom is 0.220 e. The monoisotopic (exact) mass is 212 g/mol. The van der Waals surface area contributed by atoms with Crippen molar-refractivity contribution in [2.45, 2.75) is 39.5 Å². The molecule has 0 radical (unpaired) electrons. The normalized spacial score (nSPS) is 19.7. The summed E-state index contributed by atoms with van der Waals surface area (Å²) in [5.41, 5.74) is 5.50. The fraction of sp³-hybridized carbons (Fsp3) is 0.917. The SMILES string of the molecule is CC(CN)CCC(=O)NCC(C)C1CC1. The first kappa shape index (κ1) is 12.5. The van der Waals surface area contributed by atoms with Crippen LogP contribution in [-0.4, -0.2) is 19.0 Å². The molecule has 0 aromatic heterocycles. The molecule has 0 spiro atoms. The van der Waals surface area contributed by atoms with Crippen LogP contribution in [-0.2, 0) is 4.79 Å². The van der Waals surface area contributed by atoms with Crippen LogP contribution in [0.25, 0.3) is 0 Å². The number of nitrogens with one attached hydrogen (secondary N) is 1. The van der Waals surface area contributed by atoms with E-state index in [2.05, 4.69) is 19.2 Å². The Morgan fingerprint density at radius 3 is 2.67 bits per heavy atom. The summed E-state index contributed by atoms with van der Waals surface area (Å²) < 4.78 is 0. The Morgan fingerprint density at radius 2 is 2.13 bits per heavy atom. The van der Waals surface area contributed by atoms with Crippen LogP contribution < -0.4 is 11.1 Å². The molecule has 1 rings (SSSR count). The minimum Gasteiger partial charge on any atom is -0.356 e. The second-order valence-corrected chi connectivity index (χ2v) is 5.00.